The zero-order chi connectivity index (χ0) is 12.2. The van der Waals surface area contributed by atoms with E-state index in [9.17, 15) is 9.59 Å². The number of carbonyl (C=O) groups is 2. The highest BCUT2D eigenvalue weighted by molar-refractivity contribution is 6.04. The molecule has 0 heterocycles. The Bertz CT molecular complexity index is 244. The van der Waals surface area contributed by atoms with Gasteiger partial charge in [0.2, 0.25) is 0 Å². The Labute approximate surface area is 97.5 Å². The van der Waals surface area contributed by atoms with Crippen LogP contribution in [0.25, 0.3) is 0 Å². The van der Waals surface area contributed by atoms with Crippen LogP contribution in [-0.4, -0.2) is 18.4 Å². The van der Waals surface area contributed by atoms with Gasteiger partial charge in [0.15, 0.2) is 0 Å². The van der Waals surface area contributed by atoms with Crippen molar-refractivity contribution in [2.45, 2.75) is 52.9 Å². The number of rotatable bonds is 6. The van der Waals surface area contributed by atoms with Crippen LogP contribution < -0.4 is 0 Å². The number of Topliss-reactive ketones (excluding diaryl/α,β-unsaturated/α-hetero) is 1. The predicted octanol–water partition coefficient (Wildman–Crippen LogP) is 2.73. The second kappa shape index (κ2) is 5.46. The monoisotopic (exact) mass is 226 g/mol. The quantitative estimate of drug-likeness (QED) is 0.516. The van der Waals surface area contributed by atoms with Crippen LogP contribution in [0, 0.1) is 11.3 Å². The molecule has 1 saturated carbocycles. The molecule has 0 radical (unpaired) electrons. The fourth-order valence-electron chi connectivity index (χ4n) is 2.46. The van der Waals surface area contributed by atoms with Gasteiger partial charge >= 0.3 is 5.97 Å². The minimum absolute atomic E-state index is 0.0816. The molecule has 0 aromatic rings. The number of ketones is 1. The van der Waals surface area contributed by atoms with E-state index in [1.807, 2.05) is 6.92 Å². The molecule has 0 unspecified atom stereocenters. The zero-order valence-electron chi connectivity index (χ0n) is 10.5. The van der Waals surface area contributed by atoms with E-state index in [2.05, 4.69) is 6.92 Å². The molecule has 3 nitrogen and oxygen atoms in total. The maximum absolute atomic E-state index is 12.0. The van der Waals surface area contributed by atoms with Crippen molar-refractivity contribution in [3.05, 3.63) is 0 Å². The van der Waals surface area contributed by atoms with Crippen LogP contribution >= 0.6 is 0 Å². The second-order valence-electron chi connectivity index (χ2n) is 4.66. The van der Waals surface area contributed by atoms with E-state index in [4.69, 9.17) is 4.74 Å². The van der Waals surface area contributed by atoms with Crippen LogP contribution in [-0.2, 0) is 14.3 Å². The number of hydrogen-bond donors (Lipinski definition) is 0. The topological polar surface area (TPSA) is 43.4 Å². The molecule has 0 bridgehead atoms. The van der Waals surface area contributed by atoms with E-state index in [1.54, 1.807) is 6.92 Å². The summed E-state index contributed by atoms with van der Waals surface area (Å²) in [5, 5.41) is 0. The highest BCUT2D eigenvalue weighted by atomic mass is 16.5. The number of hydrogen-bond acceptors (Lipinski definition) is 3. The first-order valence-corrected chi connectivity index (χ1v) is 6.31. The van der Waals surface area contributed by atoms with Crippen LogP contribution in [0.4, 0.5) is 0 Å². The molecular weight excluding hydrogens is 204 g/mol. The molecule has 0 N–H and O–H groups in total. The van der Waals surface area contributed by atoms with E-state index < -0.39 is 5.41 Å². The van der Waals surface area contributed by atoms with Crippen molar-refractivity contribution >= 4 is 11.8 Å². The first-order chi connectivity index (χ1) is 7.60. The summed E-state index contributed by atoms with van der Waals surface area (Å²) in [6.07, 6.45) is 3.73. The normalized spacial score (nSPS) is 28.3. The van der Waals surface area contributed by atoms with Crippen LogP contribution in [0.2, 0.25) is 0 Å². The molecule has 3 heteroatoms. The molecule has 0 aromatic heterocycles. The Morgan fingerprint density at radius 1 is 1.25 bits per heavy atom. The van der Waals surface area contributed by atoms with Gasteiger partial charge in [0.05, 0.1) is 6.61 Å². The third-order valence-electron chi connectivity index (χ3n) is 3.53. The summed E-state index contributed by atoms with van der Waals surface area (Å²) in [6.45, 7) is 6.21. The van der Waals surface area contributed by atoms with Gasteiger partial charge in [0.25, 0.3) is 0 Å². The van der Waals surface area contributed by atoms with Crippen molar-refractivity contribution in [3.63, 3.8) is 0 Å². The van der Waals surface area contributed by atoms with Gasteiger partial charge in [0, 0.05) is 6.42 Å². The molecule has 1 rings (SSSR count). The third kappa shape index (κ3) is 2.28. The van der Waals surface area contributed by atoms with Crippen molar-refractivity contribution in [1.82, 2.24) is 0 Å². The van der Waals surface area contributed by atoms with Crippen molar-refractivity contribution in [2.24, 2.45) is 11.3 Å². The number of esters is 1. The van der Waals surface area contributed by atoms with Crippen LogP contribution in [0.5, 0.6) is 0 Å². The molecular formula is C13H22O3. The van der Waals surface area contributed by atoms with E-state index in [0.29, 0.717) is 31.8 Å². The van der Waals surface area contributed by atoms with Crippen molar-refractivity contribution < 1.29 is 14.3 Å². The van der Waals surface area contributed by atoms with Crippen LogP contribution in [0.15, 0.2) is 0 Å². The number of ether oxygens (including phenoxy) is 1. The SMILES string of the molecule is CCCC(=O)C1(C(=O)OCC)CC(CC)C1. The lowest BCUT2D eigenvalue weighted by Crippen LogP contribution is -2.50. The van der Waals surface area contributed by atoms with Gasteiger partial charge in [-0.05, 0) is 32.1 Å². The lowest BCUT2D eigenvalue weighted by atomic mass is 9.58. The summed E-state index contributed by atoms with van der Waals surface area (Å²) in [5.74, 6) is 0.307. The van der Waals surface area contributed by atoms with Gasteiger partial charge in [-0.25, -0.2) is 0 Å². The molecule has 0 spiro atoms. The second-order valence-corrected chi connectivity index (χ2v) is 4.66. The van der Waals surface area contributed by atoms with E-state index >= 15 is 0 Å². The predicted molar refractivity (Wildman–Crippen MR) is 62.0 cm³/mol. The van der Waals surface area contributed by atoms with E-state index in [1.165, 1.54) is 0 Å². The van der Waals surface area contributed by atoms with Crippen molar-refractivity contribution in [2.75, 3.05) is 6.61 Å². The minimum atomic E-state index is -0.785. The summed E-state index contributed by atoms with van der Waals surface area (Å²) in [4.78, 5) is 23.9. The number of carbonyl (C=O) groups excluding carboxylic acids is 2. The zero-order valence-corrected chi connectivity index (χ0v) is 10.5. The Morgan fingerprint density at radius 3 is 2.31 bits per heavy atom. The van der Waals surface area contributed by atoms with Gasteiger partial charge in [-0.3, -0.25) is 9.59 Å². The molecule has 0 aromatic carbocycles. The van der Waals surface area contributed by atoms with Crippen LogP contribution in [0.3, 0.4) is 0 Å². The summed E-state index contributed by atoms with van der Waals surface area (Å²) in [6, 6.07) is 0. The first-order valence-electron chi connectivity index (χ1n) is 6.31. The fourth-order valence-corrected chi connectivity index (χ4v) is 2.46. The van der Waals surface area contributed by atoms with Gasteiger partial charge in [-0.1, -0.05) is 20.3 Å². The Hall–Kier alpha value is -0.860. The fraction of sp³-hybridized carbons (Fsp3) is 0.846. The summed E-state index contributed by atoms with van der Waals surface area (Å²) >= 11 is 0. The molecule has 16 heavy (non-hydrogen) atoms. The molecule has 92 valence electrons. The largest absolute Gasteiger partial charge is 0.465 e. The van der Waals surface area contributed by atoms with E-state index in [0.717, 1.165) is 12.8 Å². The smallest absolute Gasteiger partial charge is 0.319 e. The molecule has 1 fully saturated rings. The summed E-state index contributed by atoms with van der Waals surface area (Å²) in [5.41, 5.74) is -0.785. The Kier molecular flexibility index (Phi) is 4.51. The standard InChI is InChI=1S/C13H22O3/c1-4-7-11(14)13(12(15)16-6-3)8-10(5-2)9-13/h10H,4-9H2,1-3H3. The van der Waals surface area contributed by atoms with Crippen molar-refractivity contribution in [3.8, 4) is 0 Å². The highest BCUT2D eigenvalue weighted by Gasteiger charge is 2.55. The average Bonchev–Trinajstić information content (AvgIpc) is 2.17. The average molecular weight is 226 g/mol. The maximum Gasteiger partial charge on any atom is 0.319 e. The highest BCUT2D eigenvalue weighted by Crippen LogP contribution is 2.49. The molecule has 0 aliphatic heterocycles. The molecule has 0 amide bonds. The minimum Gasteiger partial charge on any atom is -0.465 e. The summed E-state index contributed by atoms with van der Waals surface area (Å²) in [7, 11) is 0. The lowest BCUT2D eigenvalue weighted by Gasteiger charge is -2.44. The molecule has 1 aliphatic rings. The molecule has 0 atom stereocenters. The van der Waals surface area contributed by atoms with Gasteiger partial charge < -0.3 is 4.74 Å². The van der Waals surface area contributed by atoms with Crippen molar-refractivity contribution in [1.29, 1.82) is 0 Å². The van der Waals surface area contributed by atoms with E-state index in [-0.39, 0.29) is 11.8 Å². The third-order valence-corrected chi connectivity index (χ3v) is 3.53. The first kappa shape index (κ1) is 13.2. The Morgan fingerprint density at radius 2 is 1.88 bits per heavy atom. The maximum atomic E-state index is 12.0. The van der Waals surface area contributed by atoms with Gasteiger partial charge in [0.1, 0.15) is 11.2 Å². The summed E-state index contributed by atoms with van der Waals surface area (Å²) < 4.78 is 5.05. The molecule has 0 saturated heterocycles. The molecule has 1 aliphatic carbocycles. The Balaban J connectivity index is 2.71. The van der Waals surface area contributed by atoms with Gasteiger partial charge in [-0.2, -0.15) is 0 Å². The lowest BCUT2D eigenvalue weighted by molar-refractivity contribution is -0.170. The van der Waals surface area contributed by atoms with Gasteiger partial charge in [-0.15, -0.1) is 0 Å². The van der Waals surface area contributed by atoms with Crippen LogP contribution in [0.1, 0.15) is 52.9 Å².